The minimum Gasteiger partial charge on any atom is -0.481 e. The Bertz CT molecular complexity index is 1240. The van der Waals surface area contributed by atoms with Crippen molar-refractivity contribution in [1.82, 2.24) is 26.3 Å². The fraction of sp³-hybridized carbons (Fsp3) is 0.440. The molecule has 1 aliphatic heterocycles. The van der Waals surface area contributed by atoms with E-state index in [-0.39, 0.29) is 12.8 Å². The van der Waals surface area contributed by atoms with E-state index in [2.05, 4.69) is 26.3 Å². The molecule has 2 heterocycles. The summed E-state index contributed by atoms with van der Waals surface area (Å²) >= 11 is 0. The Morgan fingerprint density at radius 2 is 1.67 bits per heavy atom. The van der Waals surface area contributed by atoms with Crippen LogP contribution in [0.15, 0.2) is 30.5 Å². The predicted molar refractivity (Wildman–Crippen MR) is 137 cm³/mol. The number of aromatic amines is 1. The summed E-state index contributed by atoms with van der Waals surface area (Å²) in [4.78, 5) is 76.4. The molecular formula is C25H32N6O8. The first-order chi connectivity index (χ1) is 18.5. The van der Waals surface area contributed by atoms with Crippen molar-refractivity contribution in [3.63, 3.8) is 0 Å². The SMILES string of the molecule is NC(=O)CC(NC(=O)C1CCCN1)C(=O)NC(Cc1c[nH]c2ccccc12)C(=O)NC(CCC(=O)O)C(=O)O. The topological polar surface area (TPSA) is 233 Å². The average molecular weight is 545 g/mol. The first kappa shape index (κ1) is 29.1. The monoisotopic (exact) mass is 544 g/mol. The number of carbonyl (C=O) groups is 6. The van der Waals surface area contributed by atoms with Crippen LogP contribution >= 0.6 is 0 Å². The normalized spacial score (nSPS) is 17.1. The van der Waals surface area contributed by atoms with E-state index < -0.39 is 72.6 Å². The molecule has 210 valence electrons. The largest absolute Gasteiger partial charge is 0.481 e. The lowest BCUT2D eigenvalue weighted by molar-refractivity contribution is -0.143. The van der Waals surface area contributed by atoms with Crippen molar-refractivity contribution < 1.29 is 39.0 Å². The van der Waals surface area contributed by atoms with E-state index in [9.17, 15) is 33.9 Å². The van der Waals surface area contributed by atoms with Gasteiger partial charge in [-0.3, -0.25) is 24.0 Å². The van der Waals surface area contributed by atoms with Crippen LogP contribution in [0.5, 0.6) is 0 Å². The molecule has 39 heavy (non-hydrogen) atoms. The lowest BCUT2D eigenvalue weighted by atomic mass is 10.0. The van der Waals surface area contributed by atoms with Gasteiger partial charge in [0.05, 0.1) is 12.5 Å². The molecule has 4 atom stereocenters. The minimum atomic E-state index is -1.52. The molecule has 1 fully saturated rings. The molecule has 1 aliphatic rings. The number of carboxylic acid groups (broad SMARTS) is 2. The van der Waals surface area contributed by atoms with E-state index in [1.807, 2.05) is 12.1 Å². The van der Waals surface area contributed by atoms with Crippen LogP contribution in [0.25, 0.3) is 10.9 Å². The van der Waals surface area contributed by atoms with Crippen molar-refractivity contribution >= 4 is 46.5 Å². The molecular weight excluding hydrogens is 512 g/mol. The van der Waals surface area contributed by atoms with Crippen molar-refractivity contribution in [2.24, 2.45) is 5.73 Å². The molecule has 0 radical (unpaired) electrons. The summed E-state index contributed by atoms with van der Waals surface area (Å²) in [6.45, 7) is 0.629. The highest BCUT2D eigenvalue weighted by molar-refractivity contribution is 5.96. The number of carboxylic acids is 2. The van der Waals surface area contributed by atoms with E-state index >= 15 is 0 Å². The van der Waals surface area contributed by atoms with Gasteiger partial charge in [0.25, 0.3) is 0 Å². The van der Waals surface area contributed by atoms with E-state index in [4.69, 9.17) is 10.8 Å². The van der Waals surface area contributed by atoms with E-state index in [1.54, 1.807) is 18.3 Å². The third-order valence-corrected chi connectivity index (χ3v) is 6.41. The second-order valence-corrected chi connectivity index (χ2v) is 9.34. The zero-order chi connectivity index (χ0) is 28.5. The smallest absolute Gasteiger partial charge is 0.326 e. The van der Waals surface area contributed by atoms with Crippen LogP contribution in [0, 0.1) is 0 Å². The molecule has 0 saturated carbocycles. The van der Waals surface area contributed by atoms with Gasteiger partial charge in [-0.2, -0.15) is 0 Å². The first-order valence-electron chi connectivity index (χ1n) is 12.5. The molecule has 1 aromatic carbocycles. The lowest BCUT2D eigenvalue weighted by Crippen LogP contribution is -2.58. The number of fused-ring (bicyclic) bond motifs is 1. The number of H-pyrrole nitrogens is 1. The molecule has 0 spiro atoms. The third-order valence-electron chi connectivity index (χ3n) is 6.41. The zero-order valence-electron chi connectivity index (χ0n) is 21.1. The molecule has 1 aromatic heterocycles. The van der Waals surface area contributed by atoms with Crippen LogP contribution < -0.4 is 27.0 Å². The van der Waals surface area contributed by atoms with Gasteiger partial charge in [-0.15, -0.1) is 0 Å². The van der Waals surface area contributed by atoms with Crippen molar-refractivity contribution in [1.29, 1.82) is 0 Å². The first-order valence-corrected chi connectivity index (χ1v) is 12.5. The Hall–Kier alpha value is -4.46. The molecule has 0 bridgehead atoms. The van der Waals surface area contributed by atoms with Gasteiger partial charge in [-0.1, -0.05) is 18.2 Å². The number of aliphatic carboxylic acids is 2. The molecule has 14 nitrogen and oxygen atoms in total. The maximum atomic E-state index is 13.2. The van der Waals surface area contributed by atoms with Crippen LogP contribution in [0.4, 0.5) is 0 Å². The molecule has 0 aliphatic carbocycles. The average Bonchev–Trinajstić information content (AvgIpc) is 3.56. The number of hydrogen-bond acceptors (Lipinski definition) is 7. The van der Waals surface area contributed by atoms with Crippen LogP contribution in [0.2, 0.25) is 0 Å². The highest BCUT2D eigenvalue weighted by atomic mass is 16.4. The molecule has 14 heteroatoms. The molecule has 2 aromatic rings. The maximum absolute atomic E-state index is 13.2. The van der Waals surface area contributed by atoms with Crippen LogP contribution in [0.3, 0.4) is 0 Å². The second-order valence-electron chi connectivity index (χ2n) is 9.34. The molecule has 3 rings (SSSR count). The molecule has 9 N–H and O–H groups in total. The molecule has 1 saturated heterocycles. The molecule has 4 unspecified atom stereocenters. The van der Waals surface area contributed by atoms with Crippen LogP contribution in [0.1, 0.15) is 37.7 Å². The van der Waals surface area contributed by atoms with Gasteiger partial charge in [0.2, 0.25) is 23.6 Å². The summed E-state index contributed by atoms with van der Waals surface area (Å²) in [5, 5.41) is 29.5. The summed E-state index contributed by atoms with van der Waals surface area (Å²) < 4.78 is 0. The van der Waals surface area contributed by atoms with Crippen molar-refractivity contribution in [2.75, 3.05) is 6.54 Å². The summed E-state index contributed by atoms with van der Waals surface area (Å²) in [7, 11) is 0. The van der Waals surface area contributed by atoms with E-state index in [0.29, 0.717) is 18.5 Å². The number of nitrogens with two attached hydrogens (primary N) is 1. The number of carbonyl (C=O) groups excluding carboxylic acids is 4. The summed E-state index contributed by atoms with van der Waals surface area (Å²) in [6, 6.07) is 2.44. The van der Waals surface area contributed by atoms with E-state index in [1.165, 1.54) is 0 Å². The number of nitrogens with one attached hydrogen (secondary N) is 5. The number of para-hydroxylation sites is 1. The van der Waals surface area contributed by atoms with Gasteiger partial charge in [0, 0.05) is 29.9 Å². The van der Waals surface area contributed by atoms with Crippen LogP contribution in [-0.2, 0) is 35.2 Å². The standard InChI is InChI=1S/C25H32N6O8/c26-20(32)11-19(31-22(35)16-6-3-9-27-16)24(37)30-18(10-13-12-28-15-5-2-1-4-14(13)15)23(36)29-17(25(38)39)7-8-21(33)34/h1-2,4-5,12,16-19,27-28H,3,6-11H2,(H2,26,32)(H,29,36)(H,30,37)(H,31,35)(H,33,34)(H,38,39). The Kier molecular flexibility index (Phi) is 9.98. The fourth-order valence-electron chi connectivity index (χ4n) is 4.39. The molecule has 4 amide bonds. The lowest BCUT2D eigenvalue weighted by Gasteiger charge is -2.25. The number of aromatic nitrogens is 1. The van der Waals surface area contributed by atoms with Gasteiger partial charge in [-0.25, -0.2) is 4.79 Å². The number of primary amides is 1. The van der Waals surface area contributed by atoms with Crippen molar-refractivity contribution in [3.05, 3.63) is 36.0 Å². The Balaban J connectivity index is 1.83. The van der Waals surface area contributed by atoms with Gasteiger partial charge < -0.3 is 42.2 Å². The highest BCUT2D eigenvalue weighted by Crippen LogP contribution is 2.19. The van der Waals surface area contributed by atoms with Crippen LogP contribution in [-0.4, -0.2) is 81.5 Å². The number of benzene rings is 1. The quantitative estimate of drug-likeness (QED) is 0.142. The maximum Gasteiger partial charge on any atom is 0.326 e. The number of amides is 4. The Labute approximate surface area is 223 Å². The summed E-state index contributed by atoms with van der Waals surface area (Å²) in [6.07, 6.45) is 1.48. The Morgan fingerprint density at radius 3 is 2.31 bits per heavy atom. The third kappa shape index (κ3) is 8.26. The van der Waals surface area contributed by atoms with Gasteiger partial charge in [0.15, 0.2) is 0 Å². The Morgan fingerprint density at radius 1 is 0.974 bits per heavy atom. The number of hydrogen-bond donors (Lipinski definition) is 8. The zero-order valence-corrected chi connectivity index (χ0v) is 21.1. The predicted octanol–water partition coefficient (Wildman–Crippen LogP) is -1.26. The minimum absolute atomic E-state index is 0.0751. The number of rotatable bonds is 14. The highest BCUT2D eigenvalue weighted by Gasteiger charge is 2.32. The summed E-state index contributed by atoms with van der Waals surface area (Å²) in [5.74, 6) is -5.77. The second kappa shape index (κ2) is 13.4. The van der Waals surface area contributed by atoms with Crippen molar-refractivity contribution in [2.45, 2.75) is 62.7 Å². The van der Waals surface area contributed by atoms with Gasteiger partial charge in [-0.05, 0) is 37.4 Å². The summed E-state index contributed by atoms with van der Waals surface area (Å²) in [5.41, 5.74) is 6.70. The van der Waals surface area contributed by atoms with Gasteiger partial charge in [0.1, 0.15) is 18.1 Å². The fourth-order valence-corrected chi connectivity index (χ4v) is 4.39. The van der Waals surface area contributed by atoms with E-state index in [0.717, 1.165) is 17.3 Å². The van der Waals surface area contributed by atoms with Crippen molar-refractivity contribution in [3.8, 4) is 0 Å². The van der Waals surface area contributed by atoms with Gasteiger partial charge >= 0.3 is 11.9 Å².